The van der Waals surface area contributed by atoms with E-state index >= 15 is 0 Å². The first-order chi connectivity index (χ1) is 15.2. The summed E-state index contributed by atoms with van der Waals surface area (Å²) in [6.07, 6.45) is 11.7. The summed E-state index contributed by atoms with van der Waals surface area (Å²) < 4.78 is 8.71. The number of aromatic nitrogens is 5. The molecule has 5 rings (SSSR count). The van der Waals surface area contributed by atoms with Crippen molar-refractivity contribution in [2.24, 2.45) is 0 Å². The zero-order valence-electron chi connectivity index (χ0n) is 17.4. The number of hydrogen-bond acceptors (Lipinski definition) is 6. The molecule has 1 aliphatic heterocycles. The Bertz CT molecular complexity index is 1220. The van der Waals surface area contributed by atoms with Crippen molar-refractivity contribution in [2.45, 2.75) is 26.2 Å². The molecule has 0 spiro atoms. The summed E-state index contributed by atoms with van der Waals surface area (Å²) >= 11 is 0. The lowest BCUT2D eigenvalue weighted by Crippen LogP contribution is -2.17. The molecule has 1 aliphatic rings. The van der Waals surface area contributed by atoms with Crippen LogP contribution in [0.4, 0.5) is 5.69 Å². The standard InChI is InChI=1S/C23H24N6O2/c1-2-31-23(30)11-17-7-10-28(16-17)21-14-24-15-22(26-21)29-20-12-19(27-8-3-4-9-27)6-5-18(20)13-25-29/h5-7,10,12-16H,2-4,8-9,11H2,1H3. The topological polar surface area (TPSA) is 78.1 Å². The lowest BCUT2D eigenvalue weighted by atomic mass is 10.2. The first-order valence-corrected chi connectivity index (χ1v) is 10.6. The number of nitrogens with zero attached hydrogens (tertiary/aromatic N) is 6. The molecule has 0 atom stereocenters. The SMILES string of the molecule is CCOC(=O)Cc1ccn(-c2cncc(-n3ncc4ccc(N5CCCC5)cc43)n2)c1. The van der Waals surface area contributed by atoms with Crippen LogP contribution in [0.1, 0.15) is 25.3 Å². The van der Waals surface area contributed by atoms with Crippen LogP contribution >= 0.6 is 0 Å². The molecular weight excluding hydrogens is 392 g/mol. The zero-order valence-corrected chi connectivity index (χ0v) is 17.4. The predicted molar refractivity (Wildman–Crippen MR) is 118 cm³/mol. The van der Waals surface area contributed by atoms with Crippen molar-refractivity contribution in [2.75, 3.05) is 24.6 Å². The molecule has 1 fully saturated rings. The van der Waals surface area contributed by atoms with Crippen LogP contribution in [-0.2, 0) is 16.0 Å². The minimum Gasteiger partial charge on any atom is -0.466 e. The number of benzene rings is 1. The fourth-order valence-corrected chi connectivity index (χ4v) is 4.00. The highest BCUT2D eigenvalue weighted by molar-refractivity contribution is 5.83. The van der Waals surface area contributed by atoms with Crippen molar-refractivity contribution in [1.29, 1.82) is 0 Å². The largest absolute Gasteiger partial charge is 0.466 e. The van der Waals surface area contributed by atoms with Crippen LogP contribution in [0, 0.1) is 0 Å². The van der Waals surface area contributed by atoms with Crippen LogP contribution in [-0.4, -0.2) is 50.0 Å². The van der Waals surface area contributed by atoms with Gasteiger partial charge in [-0.3, -0.25) is 9.78 Å². The van der Waals surface area contributed by atoms with Gasteiger partial charge in [0.1, 0.15) is 0 Å². The van der Waals surface area contributed by atoms with E-state index in [0.29, 0.717) is 18.2 Å². The quantitative estimate of drug-likeness (QED) is 0.449. The van der Waals surface area contributed by atoms with Crippen LogP contribution in [0.2, 0.25) is 0 Å². The minimum atomic E-state index is -0.239. The monoisotopic (exact) mass is 416 g/mol. The Morgan fingerprint density at radius 3 is 2.77 bits per heavy atom. The summed E-state index contributed by atoms with van der Waals surface area (Å²) in [4.78, 5) is 23.3. The van der Waals surface area contributed by atoms with Crippen LogP contribution in [0.3, 0.4) is 0 Å². The van der Waals surface area contributed by atoms with Crippen molar-refractivity contribution in [3.8, 4) is 11.6 Å². The van der Waals surface area contributed by atoms with Crippen LogP contribution in [0.25, 0.3) is 22.5 Å². The maximum Gasteiger partial charge on any atom is 0.310 e. The first-order valence-electron chi connectivity index (χ1n) is 10.6. The number of fused-ring (bicyclic) bond motifs is 1. The van der Waals surface area contributed by atoms with Crippen LogP contribution < -0.4 is 4.90 Å². The maximum atomic E-state index is 11.7. The molecule has 31 heavy (non-hydrogen) atoms. The molecular formula is C23H24N6O2. The van der Waals surface area contributed by atoms with Gasteiger partial charge in [-0.05, 0) is 49.6 Å². The number of esters is 1. The molecule has 8 heteroatoms. The second-order valence-electron chi connectivity index (χ2n) is 7.64. The van der Waals surface area contributed by atoms with Crippen molar-refractivity contribution >= 4 is 22.6 Å². The first kappa shape index (κ1) is 19.3. The minimum absolute atomic E-state index is 0.233. The van der Waals surface area contributed by atoms with Crippen molar-refractivity contribution in [3.63, 3.8) is 0 Å². The molecule has 0 bridgehead atoms. The van der Waals surface area contributed by atoms with Gasteiger partial charge in [-0.1, -0.05) is 0 Å². The lowest BCUT2D eigenvalue weighted by molar-refractivity contribution is -0.142. The lowest BCUT2D eigenvalue weighted by Gasteiger charge is -2.17. The maximum absolute atomic E-state index is 11.7. The number of carbonyl (C=O) groups excluding carboxylic acids is 1. The van der Waals surface area contributed by atoms with Gasteiger partial charge in [0, 0.05) is 36.6 Å². The Morgan fingerprint density at radius 1 is 1.10 bits per heavy atom. The molecule has 4 heterocycles. The molecule has 0 aliphatic carbocycles. The third-order valence-electron chi connectivity index (χ3n) is 5.52. The number of anilines is 1. The van der Waals surface area contributed by atoms with Crippen LogP contribution in [0.15, 0.2) is 55.2 Å². The summed E-state index contributed by atoms with van der Waals surface area (Å²) in [7, 11) is 0. The molecule has 0 radical (unpaired) electrons. The molecule has 4 aromatic rings. The van der Waals surface area contributed by atoms with E-state index in [2.05, 4.69) is 33.2 Å². The Labute approximate surface area is 180 Å². The fraction of sp³-hybridized carbons (Fsp3) is 0.304. The van der Waals surface area contributed by atoms with Gasteiger partial charge >= 0.3 is 5.97 Å². The summed E-state index contributed by atoms with van der Waals surface area (Å²) in [5.74, 6) is 1.07. The average molecular weight is 416 g/mol. The molecule has 0 amide bonds. The van der Waals surface area contributed by atoms with Gasteiger partial charge in [-0.2, -0.15) is 5.10 Å². The predicted octanol–water partition coefficient (Wildman–Crippen LogP) is 3.31. The summed E-state index contributed by atoms with van der Waals surface area (Å²) in [6.45, 7) is 4.37. The van der Waals surface area contributed by atoms with Gasteiger partial charge in [-0.25, -0.2) is 9.67 Å². The highest BCUT2D eigenvalue weighted by atomic mass is 16.5. The third-order valence-corrected chi connectivity index (χ3v) is 5.52. The highest BCUT2D eigenvalue weighted by Gasteiger charge is 2.15. The Morgan fingerprint density at radius 2 is 1.94 bits per heavy atom. The molecule has 3 aromatic heterocycles. The Kier molecular flexibility index (Phi) is 5.11. The van der Waals surface area contributed by atoms with Gasteiger partial charge in [0.2, 0.25) is 0 Å². The van der Waals surface area contributed by atoms with Gasteiger partial charge < -0.3 is 14.2 Å². The Balaban J connectivity index is 1.45. The molecule has 1 saturated heterocycles. The molecule has 158 valence electrons. The van der Waals surface area contributed by atoms with Crippen molar-refractivity contribution in [3.05, 3.63) is 60.8 Å². The van der Waals surface area contributed by atoms with Gasteiger partial charge in [0.05, 0.1) is 37.1 Å². The second kappa shape index (κ2) is 8.22. The van der Waals surface area contributed by atoms with E-state index in [4.69, 9.17) is 9.72 Å². The number of rotatable bonds is 6. The van der Waals surface area contributed by atoms with Gasteiger partial charge in [0.15, 0.2) is 11.6 Å². The molecule has 0 unspecified atom stereocenters. The fourth-order valence-electron chi connectivity index (χ4n) is 4.00. The average Bonchev–Trinajstić information content (AvgIpc) is 3.54. The molecule has 0 N–H and O–H groups in total. The normalized spacial score (nSPS) is 13.8. The van der Waals surface area contributed by atoms with Gasteiger partial charge in [0.25, 0.3) is 0 Å². The van der Waals surface area contributed by atoms with E-state index in [0.717, 1.165) is 29.6 Å². The second-order valence-corrected chi connectivity index (χ2v) is 7.64. The highest BCUT2D eigenvalue weighted by Crippen LogP contribution is 2.26. The number of hydrogen-bond donors (Lipinski definition) is 0. The third kappa shape index (κ3) is 3.88. The number of ether oxygens (including phenoxy) is 1. The van der Waals surface area contributed by atoms with Crippen molar-refractivity contribution < 1.29 is 9.53 Å². The smallest absolute Gasteiger partial charge is 0.310 e. The molecule has 8 nitrogen and oxygen atoms in total. The number of carbonyl (C=O) groups is 1. The Hall–Kier alpha value is -3.68. The van der Waals surface area contributed by atoms with E-state index < -0.39 is 0 Å². The van der Waals surface area contributed by atoms with E-state index in [9.17, 15) is 4.79 Å². The van der Waals surface area contributed by atoms with Gasteiger partial charge in [-0.15, -0.1) is 0 Å². The van der Waals surface area contributed by atoms with E-state index in [1.807, 2.05) is 33.9 Å². The van der Waals surface area contributed by atoms with E-state index in [1.54, 1.807) is 19.3 Å². The summed E-state index contributed by atoms with van der Waals surface area (Å²) in [6, 6.07) is 8.33. The van der Waals surface area contributed by atoms with E-state index in [-0.39, 0.29) is 12.4 Å². The molecule has 1 aromatic carbocycles. The van der Waals surface area contributed by atoms with Crippen molar-refractivity contribution in [1.82, 2.24) is 24.3 Å². The molecule has 0 saturated carbocycles. The van der Waals surface area contributed by atoms with Crippen LogP contribution in [0.5, 0.6) is 0 Å². The summed E-state index contributed by atoms with van der Waals surface area (Å²) in [5, 5.41) is 5.62. The summed E-state index contributed by atoms with van der Waals surface area (Å²) in [5.41, 5.74) is 3.08. The zero-order chi connectivity index (χ0) is 21.2. The van der Waals surface area contributed by atoms with E-state index in [1.165, 1.54) is 18.5 Å².